The van der Waals surface area contributed by atoms with Gasteiger partial charge in [0.25, 0.3) is 0 Å². The van der Waals surface area contributed by atoms with Crippen LogP contribution in [-0.4, -0.2) is 25.8 Å². The van der Waals surface area contributed by atoms with E-state index in [4.69, 9.17) is 9.47 Å². The highest BCUT2D eigenvalue weighted by Crippen LogP contribution is 2.23. The monoisotopic (exact) mass is 198 g/mol. The zero-order valence-electron chi connectivity index (χ0n) is 8.91. The average molecular weight is 198 g/mol. The first kappa shape index (κ1) is 11.2. The second kappa shape index (κ2) is 5.15. The van der Waals surface area contributed by atoms with E-state index in [0.29, 0.717) is 24.0 Å². The summed E-state index contributed by atoms with van der Waals surface area (Å²) < 4.78 is 10.2. The molecule has 3 nitrogen and oxygen atoms in total. The summed E-state index contributed by atoms with van der Waals surface area (Å²) in [5.41, 5.74) is 0.463. The van der Waals surface area contributed by atoms with Crippen LogP contribution in [0, 0.1) is 11.8 Å². The van der Waals surface area contributed by atoms with Gasteiger partial charge in [-0.25, -0.2) is 4.79 Å². The van der Waals surface area contributed by atoms with E-state index < -0.39 is 0 Å². The Labute approximate surface area is 85.1 Å². The van der Waals surface area contributed by atoms with Gasteiger partial charge in [0.2, 0.25) is 0 Å². The predicted octanol–water partition coefficient (Wildman–Crippen LogP) is 1.78. The normalized spacial score (nSPS) is 18.4. The summed E-state index contributed by atoms with van der Waals surface area (Å²) in [5, 5.41) is 0. The number of hydrogen-bond donors (Lipinski definition) is 0. The van der Waals surface area contributed by atoms with Gasteiger partial charge in [0.05, 0.1) is 19.8 Å². The molecule has 1 aliphatic rings. The Morgan fingerprint density at radius 2 is 2.29 bits per heavy atom. The quantitative estimate of drug-likeness (QED) is 0.499. The molecular weight excluding hydrogens is 180 g/mol. The standard InChI is InChI=1S/C11H18O3/c1-4-9(10-5-13-6-10)7-14-11(12)8(2)3/h9-10H,2,4-7H2,1,3H3. The predicted molar refractivity (Wildman–Crippen MR) is 53.9 cm³/mol. The SMILES string of the molecule is C=C(C)C(=O)OCC(CC)C1COC1. The molecule has 1 saturated heterocycles. The highest BCUT2D eigenvalue weighted by atomic mass is 16.5. The summed E-state index contributed by atoms with van der Waals surface area (Å²) in [5.74, 6) is 0.716. The molecular formula is C11H18O3. The lowest BCUT2D eigenvalue weighted by Crippen LogP contribution is -2.36. The number of carbonyl (C=O) groups is 1. The zero-order chi connectivity index (χ0) is 10.6. The summed E-state index contributed by atoms with van der Waals surface area (Å²) in [4.78, 5) is 11.1. The molecule has 1 aliphatic heterocycles. The fourth-order valence-electron chi connectivity index (χ4n) is 1.42. The van der Waals surface area contributed by atoms with Crippen molar-refractivity contribution in [2.24, 2.45) is 11.8 Å². The molecule has 14 heavy (non-hydrogen) atoms. The smallest absolute Gasteiger partial charge is 0.333 e. The topological polar surface area (TPSA) is 35.5 Å². The summed E-state index contributed by atoms with van der Waals surface area (Å²) in [7, 11) is 0. The Morgan fingerprint density at radius 3 is 2.64 bits per heavy atom. The van der Waals surface area contributed by atoms with Crippen molar-refractivity contribution >= 4 is 5.97 Å². The maximum Gasteiger partial charge on any atom is 0.333 e. The van der Waals surface area contributed by atoms with Crippen molar-refractivity contribution in [2.45, 2.75) is 20.3 Å². The number of ether oxygens (including phenoxy) is 2. The Hall–Kier alpha value is -0.830. The van der Waals surface area contributed by atoms with E-state index in [9.17, 15) is 4.79 Å². The molecule has 1 rings (SSSR count). The second-order valence-electron chi connectivity index (χ2n) is 3.84. The molecule has 0 aromatic rings. The lowest BCUT2D eigenvalue weighted by atomic mass is 9.89. The fourth-order valence-corrected chi connectivity index (χ4v) is 1.42. The molecule has 0 bridgehead atoms. The van der Waals surface area contributed by atoms with E-state index in [-0.39, 0.29) is 5.97 Å². The molecule has 0 aromatic carbocycles. The van der Waals surface area contributed by atoms with Gasteiger partial charge in [-0.2, -0.15) is 0 Å². The van der Waals surface area contributed by atoms with E-state index in [0.717, 1.165) is 19.6 Å². The molecule has 3 heteroatoms. The van der Waals surface area contributed by atoms with Gasteiger partial charge in [-0.05, 0) is 13.3 Å². The van der Waals surface area contributed by atoms with Gasteiger partial charge >= 0.3 is 5.97 Å². The van der Waals surface area contributed by atoms with E-state index in [1.807, 2.05) is 0 Å². The average Bonchev–Trinajstić information content (AvgIpc) is 2.07. The Morgan fingerprint density at radius 1 is 1.64 bits per heavy atom. The third kappa shape index (κ3) is 2.84. The van der Waals surface area contributed by atoms with Crippen molar-refractivity contribution < 1.29 is 14.3 Å². The molecule has 0 saturated carbocycles. The third-order valence-corrected chi connectivity index (χ3v) is 2.63. The van der Waals surface area contributed by atoms with Crippen LogP contribution in [0.4, 0.5) is 0 Å². The fraction of sp³-hybridized carbons (Fsp3) is 0.727. The Bertz CT molecular complexity index is 219. The van der Waals surface area contributed by atoms with Crippen molar-refractivity contribution in [3.8, 4) is 0 Å². The van der Waals surface area contributed by atoms with Gasteiger partial charge in [0.15, 0.2) is 0 Å². The van der Waals surface area contributed by atoms with Crippen LogP contribution in [0.15, 0.2) is 12.2 Å². The lowest BCUT2D eigenvalue weighted by Gasteiger charge is -2.32. The van der Waals surface area contributed by atoms with E-state index in [1.54, 1.807) is 6.92 Å². The van der Waals surface area contributed by atoms with Crippen LogP contribution < -0.4 is 0 Å². The number of carbonyl (C=O) groups excluding carboxylic acids is 1. The molecule has 0 aromatic heterocycles. The minimum atomic E-state index is -0.288. The molecule has 0 aliphatic carbocycles. The Balaban J connectivity index is 2.26. The van der Waals surface area contributed by atoms with Crippen molar-refractivity contribution in [1.29, 1.82) is 0 Å². The van der Waals surface area contributed by atoms with E-state index >= 15 is 0 Å². The van der Waals surface area contributed by atoms with Crippen LogP contribution in [0.3, 0.4) is 0 Å². The van der Waals surface area contributed by atoms with Crippen molar-refractivity contribution in [3.63, 3.8) is 0 Å². The summed E-state index contributed by atoms with van der Waals surface area (Å²) in [6, 6.07) is 0. The van der Waals surface area contributed by atoms with Gasteiger partial charge in [-0.1, -0.05) is 13.5 Å². The summed E-state index contributed by atoms with van der Waals surface area (Å²) in [6.07, 6.45) is 1.03. The van der Waals surface area contributed by atoms with Gasteiger partial charge in [-0.3, -0.25) is 0 Å². The van der Waals surface area contributed by atoms with Gasteiger partial charge < -0.3 is 9.47 Å². The molecule has 1 heterocycles. The number of rotatable bonds is 5. The van der Waals surface area contributed by atoms with E-state index in [1.165, 1.54) is 0 Å². The van der Waals surface area contributed by atoms with Gasteiger partial charge in [-0.15, -0.1) is 0 Å². The molecule has 1 fully saturated rings. The first-order valence-corrected chi connectivity index (χ1v) is 5.05. The molecule has 80 valence electrons. The van der Waals surface area contributed by atoms with Crippen molar-refractivity contribution in [3.05, 3.63) is 12.2 Å². The van der Waals surface area contributed by atoms with Crippen molar-refractivity contribution in [2.75, 3.05) is 19.8 Å². The van der Waals surface area contributed by atoms with Crippen LogP contribution in [0.5, 0.6) is 0 Å². The maximum absolute atomic E-state index is 11.1. The van der Waals surface area contributed by atoms with Crippen LogP contribution in [0.2, 0.25) is 0 Å². The first-order valence-electron chi connectivity index (χ1n) is 5.05. The number of esters is 1. The van der Waals surface area contributed by atoms with Crippen LogP contribution >= 0.6 is 0 Å². The van der Waals surface area contributed by atoms with Crippen LogP contribution in [-0.2, 0) is 14.3 Å². The molecule has 0 spiro atoms. The molecule has 1 atom stereocenters. The minimum absolute atomic E-state index is 0.288. The number of hydrogen-bond acceptors (Lipinski definition) is 3. The summed E-state index contributed by atoms with van der Waals surface area (Å²) in [6.45, 7) is 9.42. The van der Waals surface area contributed by atoms with Crippen molar-refractivity contribution in [1.82, 2.24) is 0 Å². The maximum atomic E-state index is 11.1. The largest absolute Gasteiger partial charge is 0.462 e. The van der Waals surface area contributed by atoms with E-state index in [2.05, 4.69) is 13.5 Å². The molecule has 0 radical (unpaired) electrons. The van der Waals surface area contributed by atoms with Crippen LogP contribution in [0.25, 0.3) is 0 Å². The van der Waals surface area contributed by atoms with Gasteiger partial charge in [0, 0.05) is 17.4 Å². The second-order valence-corrected chi connectivity index (χ2v) is 3.84. The summed E-state index contributed by atoms with van der Waals surface area (Å²) >= 11 is 0. The van der Waals surface area contributed by atoms with Crippen LogP contribution in [0.1, 0.15) is 20.3 Å². The minimum Gasteiger partial charge on any atom is -0.462 e. The molecule has 0 N–H and O–H groups in total. The molecule has 0 amide bonds. The Kier molecular flexibility index (Phi) is 4.14. The zero-order valence-corrected chi connectivity index (χ0v) is 8.91. The highest BCUT2D eigenvalue weighted by molar-refractivity contribution is 5.86. The molecule has 1 unspecified atom stereocenters. The first-order chi connectivity index (χ1) is 6.65. The van der Waals surface area contributed by atoms with Gasteiger partial charge in [0.1, 0.15) is 0 Å². The highest BCUT2D eigenvalue weighted by Gasteiger charge is 2.27. The lowest BCUT2D eigenvalue weighted by molar-refractivity contribution is -0.144. The third-order valence-electron chi connectivity index (χ3n) is 2.63.